The SMILES string of the molecule is Cc1ncsc1-c1ccc(CNC(=O)[C@@H]2C[C@@H](O)CN2C(=O)C(NC(=O)COCCOCC(=O)NCCOCCOc2cc3c(cc2Oc2ccc(-c4ccc(C(=O)O)cc4)c(F)c2)[C@@](C)(CC(=O)Nc2nccs2)NCC3)C(C)(C)C)cc1. The largest absolute Gasteiger partial charge is 0.487 e. The van der Waals surface area contributed by atoms with E-state index in [9.17, 15) is 39.0 Å². The van der Waals surface area contributed by atoms with Gasteiger partial charge in [0.1, 0.15) is 43.5 Å². The normalized spacial score (nSPS) is 17.0. The number of amides is 5. The number of β-amino-alcohol motifs (C(OH)–C–C–N with tert-alkyl or cyclic N) is 1. The summed E-state index contributed by atoms with van der Waals surface area (Å²) in [7, 11) is 0. The Labute approximate surface area is 493 Å². The molecule has 7 N–H and O–H groups in total. The van der Waals surface area contributed by atoms with Crippen LogP contribution < -0.4 is 36.1 Å². The highest BCUT2D eigenvalue weighted by molar-refractivity contribution is 7.14. The first-order chi connectivity index (χ1) is 40.2. The van der Waals surface area contributed by atoms with Crippen LogP contribution in [0.1, 0.15) is 73.3 Å². The summed E-state index contributed by atoms with van der Waals surface area (Å²) in [6.07, 6.45) is 1.43. The number of anilines is 1. The van der Waals surface area contributed by atoms with Gasteiger partial charge in [0.2, 0.25) is 29.5 Å². The lowest BCUT2D eigenvalue weighted by Gasteiger charge is -2.37. The fourth-order valence-electron chi connectivity index (χ4n) is 9.78. The van der Waals surface area contributed by atoms with Crippen molar-refractivity contribution in [2.24, 2.45) is 5.41 Å². The Bertz CT molecular complexity index is 3270. The predicted molar refractivity (Wildman–Crippen MR) is 312 cm³/mol. The minimum Gasteiger partial charge on any atom is -0.487 e. The number of hydrogen-bond donors (Lipinski definition) is 7. The molecule has 8 rings (SSSR count). The van der Waals surface area contributed by atoms with E-state index in [1.54, 1.807) is 67.4 Å². The lowest BCUT2D eigenvalue weighted by Crippen LogP contribution is -2.58. The quantitative estimate of drug-likeness (QED) is 0.0267. The summed E-state index contributed by atoms with van der Waals surface area (Å²) in [5, 5.41) is 36.8. The van der Waals surface area contributed by atoms with Crippen LogP contribution in [0.15, 0.2) is 96.0 Å². The second kappa shape index (κ2) is 28.7. The number of likely N-dealkylation sites (tertiary alicyclic amines) is 1. The fraction of sp³-hybridized carbons (Fsp3) is 0.400. The van der Waals surface area contributed by atoms with Gasteiger partial charge in [0.25, 0.3) is 0 Å². The Hall–Kier alpha value is -7.71. The number of aromatic carboxylic acids is 1. The molecule has 24 heteroatoms. The first-order valence-corrected chi connectivity index (χ1v) is 29.1. The molecule has 0 aliphatic carbocycles. The molecule has 1 fully saturated rings. The maximum Gasteiger partial charge on any atom is 0.335 e. The third-order valence-corrected chi connectivity index (χ3v) is 15.7. The summed E-state index contributed by atoms with van der Waals surface area (Å²) in [5.41, 5.74) is 5.55. The number of thiazole rings is 2. The number of halogens is 1. The summed E-state index contributed by atoms with van der Waals surface area (Å²) in [6.45, 7) is 9.76. The molecule has 21 nitrogen and oxygen atoms in total. The van der Waals surface area contributed by atoms with Crippen molar-refractivity contribution >= 4 is 63.3 Å². The highest BCUT2D eigenvalue weighted by atomic mass is 32.1. The number of benzene rings is 4. The molecule has 0 bridgehead atoms. The minimum atomic E-state index is -1.09. The summed E-state index contributed by atoms with van der Waals surface area (Å²) < 4.78 is 44.9. The molecule has 446 valence electrons. The fourth-order valence-corrected chi connectivity index (χ4v) is 11.1. The van der Waals surface area contributed by atoms with Crippen molar-refractivity contribution < 1.29 is 67.1 Å². The minimum absolute atomic E-state index is 0.00778. The zero-order valence-electron chi connectivity index (χ0n) is 47.3. The Kier molecular flexibility index (Phi) is 21.3. The van der Waals surface area contributed by atoms with Gasteiger partial charge in [-0.1, -0.05) is 57.2 Å². The van der Waals surface area contributed by atoms with E-state index in [4.69, 9.17) is 23.7 Å². The summed E-state index contributed by atoms with van der Waals surface area (Å²) >= 11 is 2.86. The highest BCUT2D eigenvalue weighted by Gasteiger charge is 2.44. The molecule has 1 saturated heterocycles. The molecular formula is C60H69FN8O13S2. The average Bonchev–Trinajstić information content (AvgIpc) is 1.74. The van der Waals surface area contributed by atoms with Crippen molar-refractivity contribution in [1.29, 1.82) is 0 Å². The number of carboxylic acid groups (broad SMARTS) is 1. The van der Waals surface area contributed by atoms with Crippen LogP contribution in [0.5, 0.6) is 17.2 Å². The molecule has 4 heterocycles. The number of carbonyl (C=O) groups excluding carboxylic acids is 5. The number of nitrogens with one attached hydrogen (secondary N) is 5. The number of aliphatic hydroxyl groups is 1. The number of aliphatic hydroxyl groups excluding tert-OH is 1. The van der Waals surface area contributed by atoms with Gasteiger partial charge in [0, 0.05) is 67.8 Å². The van der Waals surface area contributed by atoms with Crippen LogP contribution in [-0.2, 0) is 56.7 Å². The molecular weight excluding hydrogens is 1120 g/mol. The number of carbonyl (C=O) groups is 6. The molecule has 2 aliphatic heterocycles. The number of aryl methyl sites for hydroxylation is 1. The molecule has 1 unspecified atom stereocenters. The Morgan fingerprint density at radius 2 is 1.57 bits per heavy atom. The number of aromatic nitrogens is 2. The predicted octanol–water partition coefficient (Wildman–Crippen LogP) is 6.62. The third-order valence-electron chi connectivity index (χ3n) is 14.1. The van der Waals surface area contributed by atoms with Crippen molar-refractivity contribution in [3.05, 3.63) is 130 Å². The second-order valence-corrected chi connectivity index (χ2v) is 23.3. The Balaban J connectivity index is 0.753. The number of carboxylic acids is 1. The maximum atomic E-state index is 15.7. The maximum absolute atomic E-state index is 15.7. The molecule has 5 amide bonds. The van der Waals surface area contributed by atoms with Crippen LogP contribution in [0.2, 0.25) is 0 Å². The van der Waals surface area contributed by atoms with Gasteiger partial charge in [-0.2, -0.15) is 0 Å². The molecule has 84 heavy (non-hydrogen) atoms. The summed E-state index contributed by atoms with van der Waals surface area (Å²) in [5.74, 6) is -3.04. The van der Waals surface area contributed by atoms with Crippen LogP contribution in [0, 0.1) is 18.2 Å². The van der Waals surface area contributed by atoms with E-state index in [-0.39, 0.29) is 101 Å². The van der Waals surface area contributed by atoms with E-state index in [0.717, 1.165) is 32.8 Å². The van der Waals surface area contributed by atoms with E-state index < -0.39 is 71.2 Å². The van der Waals surface area contributed by atoms with E-state index in [0.29, 0.717) is 29.4 Å². The number of ether oxygens (including phenoxy) is 5. The molecule has 0 spiro atoms. The van der Waals surface area contributed by atoms with Gasteiger partial charge >= 0.3 is 5.97 Å². The van der Waals surface area contributed by atoms with Crippen molar-refractivity contribution in [1.82, 2.24) is 36.1 Å². The lowest BCUT2D eigenvalue weighted by molar-refractivity contribution is -0.144. The lowest BCUT2D eigenvalue weighted by atomic mass is 9.81. The van der Waals surface area contributed by atoms with Gasteiger partial charge in [-0.15, -0.1) is 22.7 Å². The number of nitrogens with zero attached hydrogens (tertiary/aromatic N) is 3. The van der Waals surface area contributed by atoms with Gasteiger partial charge in [0.15, 0.2) is 16.6 Å². The summed E-state index contributed by atoms with van der Waals surface area (Å²) in [6, 6.07) is 19.6. The Morgan fingerprint density at radius 3 is 2.25 bits per heavy atom. The van der Waals surface area contributed by atoms with Crippen molar-refractivity contribution in [2.75, 3.05) is 71.2 Å². The van der Waals surface area contributed by atoms with E-state index >= 15 is 4.39 Å². The molecule has 6 aromatic rings. The zero-order chi connectivity index (χ0) is 60.0. The smallest absolute Gasteiger partial charge is 0.335 e. The van der Waals surface area contributed by atoms with Gasteiger partial charge in [0.05, 0.1) is 54.2 Å². The monoisotopic (exact) mass is 1190 g/mol. The van der Waals surface area contributed by atoms with Crippen LogP contribution in [0.3, 0.4) is 0 Å². The van der Waals surface area contributed by atoms with Gasteiger partial charge in [-0.25, -0.2) is 19.2 Å². The van der Waals surface area contributed by atoms with Gasteiger partial charge in [-0.05, 0) is 89.9 Å². The molecule has 0 radical (unpaired) electrons. The van der Waals surface area contributed by atoms with Crippen molar-refractivity contribution in [2.45, 2.75) is 84.2 Å². The van der Waals surface area contributed by atoms with Crippen molar-refractivity contribution in [3.63, 3.8) is 0 Å². The average molecular weight is 1190 g/mol. The molecule has 4 atom stereocenters. The first kappa shape index (κ1) is 62.3. The molecule has 4 aromatic carbocycles. The van der Waals surface area contributed by atoms with E-state index in [1.165, 1.54) is 46.6 Å². The molecule has 2 aliphatic rings. The standard InChI is InChI=1S/C60H69FN8O13S2/c1-36-53(84-35-65-36)39-8-6-37(7-9-39)31-64-55(74)47-27-42(70)32-69(47)56(75)54(59(2,3)4)67-52(73)34-80-22-21-79-33-51(72)62-18-20-78-23-24-81-48-26-41-16-17-66-60(5,30-50(71)68-58-63-19-25-83-58)45(41)29-49(48)82-43-14-15-44(46(61)28-43)38-10-12-40(13-11-38)57(76)77/h6-15,19,25-26,28-29,35,42,47,54,66,70H,16-18,20-24,27,30-34H2,1-5H3,(H,62,72)(H,64,74)(H,67,73)(H,76,77)(H,63,68,71)/t42-,47+,54?,60-/m1/s1. The van der Waals surface area contributed by atoms with Crippen LogP contribution in [-0.4, -0.2) is 145 Å². The van der Waals surface area contributed by atoms with Crippen LogP contribution >= 0.6 is 22.7 Å². The highest BCUT2D eigenvalue weighted by Crippen LogP contribution is 2.42. The van der Waals surface area contributed by atoms with Gasteiger partial charge in [-0.3, -0.25) is 24.0 Å². The molecule has 2 aromatic heterocycles. The van der Waals surface area contributed by atoms with E-state index in [2.05, 4.69) is 36.6 Å². The Morgan fingerprint density at radius 1 is 0.845 bits per heavy atom. The topological polar surface area (TPSA) is 278 Å². The van der Waals surface area contributed by atoms with Crippen molar-refractivity contribution in [3.8, 4) is 38.8 Å². The number of hydrogen-bond acceptors (Lipinski definition) is 17. The second-order valence-electron chi connectivity index (χ2n) is 21.5. The number of rotatable bonds is 27. The van der Waals surface area contributed by atoms with Crippen LogP contribution in [0.4, 0.5) is 9.52 Å². The van der Waals surface area contributed by atoms with Crippen LogP contribution in [0.25, 0.3) is 21.6 Å². The van der Waals surface area contributed by atoms with Gasteiger partial charge < -0.3 is 65.4 Å². The first-order valence-electron chi connectivity index (χ1n) is 27.4. The molecule has 0 saturated carbocycles. The number of fused-ring (bicyclic) bond motifs is 1. The summed E-state index contributed by atoms with van der Waals surface area (Å²) in [4.78, 5) is 88.6. The van der Waals surface area contributed by atoms with E-state index in [1.807, 2.05) is 44.2 Å². The third kappa shape index (κ3) is 16.8. The zero-order valence-corrected chi connectivity index (χ0v) is 48.9.